The van der Waals surface area contributed by atoms with E-state index in [2.05, 4.69) is 18.3 Å². The van der Waals surface area contributed by atoms with Crippen LogP contribution >= 0.6 is 0 Å². The second kappa shape index (κ2) is 5.36. The minimum absolute atomic E-state index is 0.314. The number of carboxylic acid groups (broad SMARTS) is 1. The van der Waals surface area contributed by atoms with E-state index in [0.29, 0.717) is 12.1 Å². The molecule has 0 amide bonds. The molecule has 0 aliphatic carbocycles. The SMILES string of the molecule is Cc1ccccc1NCc1ccc(C(=O)O)cc1. The van der Waals surface area contributed by atoms with Gasteiger partial charge in [0.1, 0.15) is 0 Å². The number of para-hydroxylation sites is 1. The third-order valence-electron chi connectivity index (χ3n) is 2.83. The Hall–Kier alpha value is -2.29. The summed E-state index contributed by atoms with van der Waals surface area (Å²) < 4.78 is 0. The predicted molar refractivity (Wildman–Crippen MR) is 71.9 cm³/mol. The Kier molecular flexibility index (Phi) is 3.63. The van der Waals surface area contributed by atoms with Crippen molar-refractivity contribution in [1.82, 2.24) is 0 Å². The molecule has 2 aromatic rings. The number of anilines is 1. The van der Waals surface area contributed by atoms with Crippen LogP contribution in [0.2, 0.25) is 0 Å². The minimum atomic E-state index is -0.895. The summed E-state index contributed by atoms with van der Waals surface area (Å²) >= 11 is 0. The first-order chi connectivity index (χ1) is 8.66. The zero-order valence-electron chi connectivity index (χ0n) is 10.2. The highest BCUT2D eigenvalue weighted by Gasteiger charge is 2.02. The number of rotatable bonds is 4. The van der Waals surface area contributed by atoms with Gasteiger partial charge in [-0.25, -0.2) is 4.79 Å². The molecule has 0 aliphatic heterocycles. The van der Waals surface area contributed by atoms with Gasteiger partial charge in [-0.1, -0.05) is 30.3 Å². The first kappa shape index (κ1) is 12.2. The van der Waals surface area contributed by atoms with Crippen molar-refractivity contribution in [2.24, 2.45) is 0 Å². The molecule has 0 saturated heterocycles. The lowest BCUT2D eigenvalue weighted by molar-refractivity contribution is 0.0697. The number of carboxylic acids is 1. The average Bonchev–Trinajstić information content (AvgIpc) is 2.38. The van der Waals surface area contributed by atoms with Gasteiger partial charge in [-0.3, -0.25) is 0 Å². The summed E-state index contributed by atoms with van der Waals surface area (Å²) in [5.41, 5.74) is 3.66. The van der Waals surface area contributed by atoms with Crippen LogP contribution in [0.5, 0.6) is 0 Å². The van der Waals surface area contributed by atoms with Gasteiger partial charge in [-0.15, -0.1) is 0 Å². The summed E-state index contributed by atoms with van der Waals surface area (Å²) in [4.78, 5) is 10.7. The number of aromatic carboxylic acids is 1. The largest absolute Gasteiger partial charge is 0.478 e. The minimum Gasteiger partial charge on any atom is -0.478 e. The van der Waals surface area contributed by atoms with Crippen molar-refractivity contribution in [3.05, 3.63) is 65.2 Å². The van der Waals surface area contributed by atoms with E-state index in [1.165, 1.54) is 5.56 Å². The molecule has 3 nitrogen and oxygen atoms in total. The van der Waals surface area contributed by atoms with E-state index in [1.807, 2.05) is 30.3 Å². The van der Waals surface area contributed by atoms with E-state index in [-0.39, 0.29) is 0 Å². The molecule has 0 fully saturated rings. The topological polar surface area (TPSA) is 49.3 Å². The van der Waals surface area contributed by atoms with Gasteiger partial charge < -0.3 is 10.4 Å². The van der Waals surface area contributed by atoms with Crippen LogP contribution in [0.4, 0.5) is 5.69 Å². The first-order valence-corrected chi connectivity index (χ1v) is 5.78. The summed E-state index contributed by atoms with van der Waals surface area (Å²) in [6.45, 7) is 2.74. The summed E-state index contributed by atoms with van der Waals surface area (Å²) in [6.07, 6.45) is 0. The highest BCUT2D eigenvalue weighted by Crippen LogP contribution is 2.14. The van der Waals surface area contributed by atoms with Crippen molar-refractivity contribution in [1.29, 1.82) is 0 Å². The molecule has 2 aromatic carbocycles. The Labute approximate surface area is 106 Å². The van der Waals surface area contributed by atoms with Crippen molar-refractivity contribution in [3.8, 4) is 0 Å². The van der Waals surface area contributed by atoms with Crippen molar-refractivity contribution in [2.75, 3.05) is 5.32 Å². The Balaban J connectivity index is 2.02. The van der Waals surface area contributed by atoms with Crippen LogP contribution in [-0.4, -0.2) is 11.1 Å². The molecule has 3 heteroatoms. The Morgan fingerprint density at radius 2 is 1.78 bits per heavy atom. The van der Waals surface area contributed by atoms with Crippen LogP contribution in [0.1, 0.15) is 21.5 Å². The molecule has 0 atom stereocenters. The van der Waals surface area contributed by atoms with Gasteiger partial charge in [0.25, 0.3) is 0 Å². The second-order valence-electron chi connectivity index (χ2n) is 4.17. The summed E-state index contributed by atoms with van der Waals surface area (Å²) in [5, 5.41) is 12.1. The smallest absolute Gasteiger partial charge is 0.335 e. The lowest BCUT2D eigenvalue weighted by Gasteiger charge is -2.09. The van der Waals surface area contributed by atoms with E-state index >= 15 is 0 Å². The highest BCUT2D eigenvalue weighted by atomic mass is 16.4. The van der Waals surface area contributed by atoms with E-state index in [1.54, 1.807) is 12.1 Å². The lowest BCUT2D eigenvalue weighted by Crippen LogP contribution is -2.02. The molecule has 0 aromatic heterocycles. The molecule has 0 unspecified atom stereocenters. The fourth-order valence-electron chi connectivity index (χ4n) is 1.73. The zero-order valence-corrected chi connectivity index (χ0v) is 10.2. The highest BCUT2D eigenvalue weighted by molar-refractivity contribution is 5.87. The first-order valence-electron chi connectivity index (χ1n) is 5.78. The molecule has 0 spiro atoms. The quantitative estimate of drug-likeness (QED) is 0.863. The van der Waals surface area contributed by atoms with Gasteiger partial charge in [0, 0.05) is 12.2 Å². The lowest BCUT2D eigenvalue weighted by atomic mass is 10.1. The van der Waals surface area contributed by atoms with Gasteiger partial charge in [-0.05, 0) is 36.2 Å². The fourth-order valence-corrected chi connectivity index (χ4v) is 1.73. The van der Waals surface area contributed by atoms with E-state index < -0.39 is 5.97 Å². The fraction of sp³-hybridized carbons (Fsp3) is 0.133. The summed E-state index contributed by atoms with van der Waals surface area (Å²) in [7, 11) is 0. The molecule has 0 bridgehead atoms. The number of carbonyl (C=O) groups is 1. The number of hydrogen-bond donors (Lipinski definition) is 2. The Morgan fingerprint density at radius 1 is 1.11 bits per heavy atom. The third kappa shape index (κ3) is 2.88. The summed E-state index contributed by atoms with van der Waals surface area (Å²) in [5.74, 6) is -0.895. The van der Waals surface area contributed by atoms with Crippen molar-refractivity contribution < 1.29 is 9.90 Å². The molecule has 2 N–H and O–H groups in total. The molecule has 2 rings (SSSR count). The monoisotopic (exact) mass is 241 g/mol. The van der Waals surface area contributed by atoms with Gasteiger partial charge in [-0.2, -0.15) is 0 Å². The maximum atomic E-state index is 10.7. The molecule has 18 heavy (non-hydrogen) atoms. The van der Waals surface area contributed by atoms with Crippen LogP contribution in [0.25, 0.3) is 0 Å². The van der Waals surface area contributed by atoms with Gasteiger partial charge in [0.15, 0.2) is 0 Å². The maximum absolute atomic E-state index is 10.7. The number of nitrogens with one attached hydrogen (secondary N) is 1. The van der Waals surface area contributed by atoms with Gasteiger partial charge in [0.2, 0.25) is 0 Å². The average molecular weight is 241 g/mol. The number of hydrogen-bond acceptors (Lipinski definition) is 2. The molecule has 0 radical (unpaired) electrons. The van der Waals surface area contributed by atoms with Crippen molar-refractivity contribution >= 4 is 11.7 Å². The van der Waals surface area contributed by atoms with Gasteiger partial charge >= 0.3 is 5.97 Å². The molecule has 0 heterocycles. The van der Waals surface area contributed by atoms with Crippen LogP contribution < -0.4 is 5.32 Å². The van der Waals surface area contributed by atoms with Crippen molar-refractivity contribution in [3.63, 3.8) is 0 Å². The molecule has 0 saturated carbocycles. The van der Waals surface area contributed by atoms with Crippen LogP contribution in [-0.2, 0) is 6.54 Å². The van der Waals surface area contributed by atoms with Crippen molar-refractivity contribution in [2.45, 2.75) is 13.5 Å². The Morgan fingerprint density at radius 3 is 2.39 bits per heavy atom. The summed E-state index contributed by atoms with van der Waals surface area (Å²) in [6, 6.07) is 15.0. The van der Waals surface area contributed by atoms with Crippen LogP contribution in [0, 0.1) is 6.92 Å². The predicted octanol–water partition coefficient (Wildman–Crippen LogP) is 3.31. The number of benzene rings is 2. The van der Waals surface area contributed by atoms with Crippen LogP contribution in [0.15, 0.2) is 48.5 Å². The normalized spacial score (nSPS) is 10.1. The molecule has 92 valence electrons. The Bertz CT molecular complexity index is 547. The second-order valence-corrected chi connectivity index (χ2v) is 4.17. The van der Waals surface area contributed by atoms with E-state index in [0.717, 1.165) is 11.3 Å². The standard InChI is InChI=1S/C15H15NO2/c1-11-4-2-3-5-14(11)16-10-12-6-8-13(9-7-12)15(17)18/h2-9,16H,10H2,1H3,(H,17,18). The van der Waals surface area contributed by atoms with E-state index in [9.17, 15) is 4.79 Å². The molecular formula is C15H15NO2. The molecule has 0 aliphatic rings. The number of aryl methyl sites for hydroxylation is 1. The zero-order chi connectivity index (χ0) is 13.0. The van der Waals surface area contributed by atoms with Crippen LogP contribution in [0.3, 0.4) is 0 Å². The van der Waals surface area contributed by atoms with E-state index in [4.69, 9.17) is 5.11 Å². The maximum Gasteiger partial charge on any atom is 0.335 e. The van der Waals surface area contributed by atoms with Gasteiger partial charge in [0.05, 0.1) is 5.56 Å². The third-order valence-corrected chi connectivity index (χ3v) is 2.83. The molecular weight excluding hydrogens is 226 g/mol.